The number of imidazole rings is 1. The number of H-pyrrole nitrogens is 1. The van der Waals surface area contributed by atoms with Gasteiger partial charge in [0.25, 0.3) is 0 Å². The molecule has 12 heavy (non-hydrogen) atoms. The van der Waals surface area contributed by atoms with E-state index in [1.54, 1.807) is 0 Å². The first-order valence-electron chi connectivity index (χ1n) is 4.44. The van der Waals surface area contributed by atoms with Crippen molar-refractivity contribution in [3.8, 4) is 0 Å². The van der Waals surface area contributed by atoms with Crippen LogP contribution in [0.25, 0.3) is 0 Å². The highest BCUT2D eigenvalue weighted by Crippen LogP contribution is 2.03. The maximum Gasteiger partial charge on any atom is 0.200 e. The topological polar surface area (TPSA) is 40.7 Å². The molecular weight excluding hydrogens is 150 g/mol. The highest BCUT2D eigenvalue weighted by Gasteiger charge is 1.96. The molecule has 1 rings (SSSR count). The number of rotatable bonds is 4. The predicted molar refractivity (Wildman–Crippen MR) is 51.3 cm³/mol. The van der Waals surface area contributed by atoms with E-state index in [0.29, 0.717) is 0 Å². The molecule has 3 heteroatoms. The van der Waals surface area contributed by atoms with Gasteiger partial charge in [0.05, 0.1) is 0 Å². The van der Waals surface area contributed by atoms with Crippen LogP contribution in [0.3, 0.4) is 0 Å². The average Bonchev–Trinajstić information content (AvgIpc) is 2.35. The van der Waals surface area contributed by atoms with Gasteiger partial charge in [0, 0.05) is 18.4 Å². The maximum absolute atomic E-state index is 4.15. The molecule has 0 saturated heterocycles. The van der Waals surface area contributed by atoms with Crippen molar-refractivity contribution in [3.63, 3.8) is 0 Å². The standard InChI is InChI=1S/C9H17N3/c1-7(2)4-5-10-9-11-6-8(3)12-9/h6-7H,4-5H2,1-3H3,(H2,10,11,12). The first-order valence-corrected chi connectivity index (χ1v) is 4.44. The Bertz CT molecular complexity index is 227. The molecule has 0 amide bonds. The Hall–Kier alpha value is -0.990. The fraction of sp³-hybridized carbons (Fsp3) is 0.667. The Morgan fingerprint density at radius 2 is 2.33 bits per heavy atom. The van der Waals surface area contributed by atoms with Gasteiger partial charge in [-0.15, -0.1) is 0 Å². The minimum absolute atomic E-state index is 0.744. The quantitative estimate of drug-likeness (QED) is 0.721. The van der Waals surface area contributed by atoms with E-state index >= 15 is 0 Å². The average molecular weight is 167 g/mol. The van der Waals surface area contributed by atoms with Crippen molar-refractivity contribution < 1.29 is 0 Å². The molecule has 0 radical (unpaired) electrons. The van der Waals surface area contributed by atoms with Crippen LogP contribution in [-0.2, 0) is 0 Å². The fourth-order valence-electron chi connectivity index (χ4n) is 0.982. The molecule has 0 unspecified atom stereocenters. The molecule has 1 heterocycles. The molecule has 1 aromatic rings. The third-order valence-corrected chi connectivity index (χ3v) is 1.72. The van der Waals surface area contributed by atoms with E-state index in [4.69, 9.17) is 0 Å². The second-order valence-corrected chi connectivity index (χ2v) is 3.52. The van der Waals surface area contributed by atoms with Gasteiger partial charge < -0.3 is 10.3 Å². The fourth-order valence-corrected chi connectivity index (χ4v) is 0.982. The van der Waals surface area contributed by atoms with Crippen LogP contribution in [-0.4, -0.2) is 16.5 Å². The summed E-state index contributed by atoms with van der Waals surface area (Å²) in [4.78, 5) is 7.27. The minimum atomic E-state index is 0.744. The summed E-state index contributed by atoms with van der Waals surface area (Å²) in [6.07, 6.45) is 3.01. The molecule has 0 saturated carbocycles. The van der Waals surface area contributed by atoms with E-state index in [0.717, 1.165) is 24.1 Å². The number of hydrogen-bond donors (Lipinski definition) is 2. The van der Waals surface area contributed by atoms with E-state index in [1.165, 1.54) is 6.42 Å². The summed E-state index contributed by atoms with van der Waals surface area (Å²) >= 11 is 0. The number of anilines is 1. The van der Waals surface area contributed by atoms with Crippen LogP contribution in [0.15, 0.2) is 6.20 Å². The third-order valence-electron chi connectivity index (χ3n) is 1.72. The minimum Gasteiger partial charge on any atom is -0.356 e. The summed E-state index contributed by atoms with van der Waals surface area (Å²) in [7, 11) is 0. The van der Waals surface area contributed by atoms with E-state index in [2.05, 4.69) is 29.1 Å². The van der Waals surface area contributed by atoms with Crippen LogP contribution >= 0.6 is 0 Å². The molecule has 0 spiro atoms. The van der Waals surface area contributed by atoms with Crippen LogP contribution < -0.4 is 5.32 Å². The van der Waals surface area contributed by atoms with E-state index < -0.39 is 0 Å². The Labute approximate surface area is 73.6 Å². The van der Waals surface area contributed by atoms with Crippen molar-refractivity contribution >= 4 is 5.95 Å². The first-order chi connectivity index (χ1) is 5.68. The van der Waals surface area contributed by atoms with Crippen molar-refractivity contribution in [2.45, 2.75) is 27.2 Å². The zero-order chi connectivity index (χ0) is 8.97. The predicted octanol–water partition coefficient (Wildman–Crippen LogP) is 2.18. The summed E-state index contributed by atoms with van der Waals surface area (Å²) < 4.78 is 0. The third kappa shape index (κ3) is 2.95. The van der Waals surface area contributed by atoms with Crippen molar-refractivity contribution in [3.05, 3.63) is 11.9 Å². The summed E-state index contributed by atoms with van der Waals surface area (Å²) in [6.45, 7) is 7.43. The lowest BCUT2D eigenvalue weighted by molar-refractivity contribution is 0.606. The SMILES string of the molecule is Cc1cnc(NCCC(C)C)[nH]1. The van der Waals surface area contributed by atoms with E-state index in [1.807, 2.05) is 13.1 Å². The molecular formula is C9H17N3. The molecule has 0 bridgehead atoms. The number of aromatic nitrogens is 2. The summed E-state index contributed by atoms with van der Waals surface area (Å²) in [6, 6.07) is 0. The van der Waals surface area contributed by atoms with Crippen molar-refractivity contribution in [2.24, 2.45) is 5.92 Å². The summed E-state index contributed by atoms with van der Waals surface area (Å²) in [5.74, 6) is 1.63. The van der Waals surface area contributed by atoms with Gasteiger partial charge in [-0.2, -0.15) is 0 Å². The molecule has 68 valence electrons. The highest BCUT2D eigenvalue weighted by atomic mass is 15.1. The lowest BCUT2D eigenvalue weighted by Crippen LogP contribution is -2.05. The zero-order valence-corrected chi connectivity index (χ0v) is 8.02. The van der Waals surface area contributed by atoms with Gasteiger partial charge in [0.2, 0.25) is 0 Å². The van der Waals surface area contributed by atoms with Crippen molar-refractivity contribution in [1.29, 1.82) is 0 Å². The van der Waals surface area contributed by atoms with Crippen molar-refractivity contribution in [2.75, 3.05) is 11.9 Å². The molecule has 2 N–H and O–H groups in total. The molecule has 3 nitrogen and oxygen atoms in total. The smallest absolute Gasteiger partial charge is 0.200 e. The largest absolute Gasteiger partial charge is 0.356 e. The van der Waals surface area contributed by atoms with E-state index in [9.17, 15) is 0 Å². The molecule has 0 aromatic carbocycles. The maximum atomic E-state index is 4.15. The molecule has 1 aromatic heterocycles. The van der Waals surface area contributed by atoms with Gasteiger partial charge >= 0.3 is 0 Å². The Morgan fingerprint density at radius 3 is 2.83 bits per heavy atom. The molecule has 0 aliphatic heterocycles. The highest BCUT2D eigenvalue weighted by molar-refractivity contribution is 5.25. The van der Waals surface area contributed by atoms with Crippen LogP contribution in [0.4, 0.5) is 5.95 Å². The number of aryl methyl sites for hydroxylation is 1. The van der Waals surface area contributed by atoms with Gasteiger partial charge in [-0.05, 0) is 19.3 Å². The van der Waals surface area contributed by atoms with Gasteiger partial charge in [0.15, 0.2) is 5.95 Å². The number of nitrogens with one attached hydrogen (secondary N) is 2. The normalized spacial score (nSPS) is 10.7. The summed E-state index contributed by atoms with van der Waals surface area (Å²) in [5.41, 5.74) is 1.10. The van der Waals surface area contributed by atoms with Crippen LogP contribution in [0.5, 0.6) is 0 Å². The Kier molecular flexibility index (Phi) is 3.14. The molecule has 0 fully saturated rings. The lowest BCUT2D eigenvalue weighted by atomic mass is 10.1. The van der Waals surface area contributed by atoms with Gasteiger partial charge in [-0.1, -0.05) is 13.8 Å². The van der Waals surface area contributed by atoms with Crippen molar-refractivity contribution in [1.82, 2.24) is 9.97 Å². The van der Waals surface area contributed by atoms with Gasteiger partial charge in [0.1, 0.15) is 0 Å². The molecule has 0 aliphatic rings. The van der Waals surface area contributed by atoms with Gasteiger partial charge in [-0.25, -0.2) is 4.98 Å². The van der Waals surface area contributed by atoms with Crippen LogP contribution in [0.1, 0.15) is 26.0 Å². The molecule has 0 atom stereocenters. The number of nitrogens with zero attached hydrogens (tertiary/aromatic N) is 1. The second kappa shape index (κ2) is 4.14. The van der Waals surface area contributed by atoms with Crippen LogP contribution in [0, 0.1) is 12.8 Å². The lowest BCUT2D eigenvalue weighted by Gasteiger charge is -2.04. The second-order valence-electron chi connectivity index (χ2n) is 3.52. The zero-order valence-electron chi connectivity index (χ0n) is 8.02. The Balaban J connectivity index is 2.24. The number of aromatic amines is 1. The Morgan fingerprint density at radius 1 is 1.58 bits per heavy atom. The molecule has 0 aliphatic carbocycles. The first kappa shape index (κ1) is 9.10. The number of hydrogen-bond acceptors (Lipinski definition) is 2. The monoisotopic (exact) mass is 167 g/mol. The van der Waals surface area contributed by atoms with Gasteiger partial charge in [-0.3, -0.25) is 0 Å². The van der Waals surface area contributed by atoms with Crippen LogP contribution in [0.2, 0.25) is 0 Å². The van der Waals surface area contributed by atoms with E-state index in [-0.39, 0.29) is 0 Å². The summed E-state index contributed by atoms with van der Waals surface area (Å²) in [5, 5.41) is 3.23.